The molecular formula is C12H8N5O4-. The fourth-order valence-corrected chi connectivity index (χ4v) is 1.41. The Morgan fingerprint density at radius 1 is 0.810 bits per heavy atom. The van der Waals surface area contributed by atoms with E-state index < -0.39 is 9.85 Å². The summed E-state index contributed by atoms with van der Waals surface area (Å²) in [5, 5.41) is 28.3. The molecule has 0 fully saturated rings. The summed E-state index contributed by atoms with van der Waals surface area (Å²) >= 11 is 0. The van der Waals surface area contributed by atoms with Crippen LogP contribution in [-0.4, -0.2) is 9.85 Å². The Morgan fingerprint density at radius 3 is 1.76 bits per heavy atom. The highest BCUT2D eigenvalue weighted by molar-refractivity contribution is 5.51. The Kier molecular flexibility index (Phi) is 4.14. The Hall–Kier alpha value is -3.36. The van der Waals surface area contributed by atoms with Gasteiger partial charge in [-0.05, 0) is 11.4 Å². The molecular weight excluding hydrogens is 278 g/mol. The molecule has 9 nitrogen and oxygen atoms in total. The molecule has 0 N–H and O–H groups in total. The molecule has 0 radical (unpaired) electrons. The lowest BCUT2D eigenvalue weighted by atomic mass is 10.3. The van der Waals surface area contributed by atoms with E-state index in [1.807, 2.05) is 0 Å². The van der Waals surface area contributed by atoms with Crippen molar-refractivity contribution in [2.24, 2.45) is 10.3 Å². The molecule has 9 heteroatoms. The van der Waals surface area contributed by atoms with Gasteiger partial charge >= 0.3 is 0 Å². The predicted molar refractivity (Wildman–Crippen MR) is 73.7 cm³/mol. The van der Waals surface area contributed by atoms with Crippen molar-refractivity contribution in [2.45, 2.75) is 0 Å². The van der Waals surface area contributed by atoms with E-state index in [0.29, 0.717) is 11.4 Å². The first kappa shape index (κ1) is 14.1. The molecule has 0 spiro atoms. The number of hydrogen-bond acceptors (Lipinski definition) is 6. The van der Waals surface area contributed by atoms with Gasteiger partial charge in [-0.25, -0.2) is 0 Å². The first-order valence-corrected chi connectivity index (χ1v) is 5.67. The first-order valence-electron chi connectivity index (χ1n) is 5.67. The van der Waals surface area contributed by atoms with Crippen LogP contribution in [0.1, 0.15) is 0 Å². The second kappa shape index (κ2) is 6.19. The molecule has 0 aliphatic rings. The van der Waals surface area contributed by atoms with E-state index in [0.717, 1.165) is 0 Å². The van der Waals surface area contributed by atoms with Crippen LogP contribution in [-0.2, 0) is 0 Å². The second-order valence-electron chi connectivity index (χ2n) is 3.84. The summed E-state index contributed by atoms with van der Waals surface area (Å²) in [4.78, 5) is 19.9. The SMILES string of the molecule is O=[N+]([O-])c1ccc(N=N[N-]c2ccc([N+](=O)[O-])cc2)cc1. The third-order valence-electron chi connectivity index (χ3n) is 2.44. The Balaban J connectivity index is 1.98. The summed E-state index contributed by atoms with van der Waals surface area (Å²) in [5.41, 5.74) is 4.50. The molecule has 0 heterocycles. The normalized spacial score (nSPS) is 10.5. The molecule has 2 rings (SSSR count). The van der Waals surface area contributed by atoms with Crippen LogP contribution in [0.4, 0.5) is 22.7 Å². The van der Waals surface area contributed by atoms with Gasteiger partial charge in [-0.1, -0.05) is 24.3 Å². The standard InChI is InChI=1S/C12H8N5O4/c18-16(19)11-5-1-9(2-6-11)13-15-14-10-3-7-12(8-4-10)17(20)21/h1-8H/q-1. The Labute approximate surface area is 118 Å². The van der Waals surface area contributed by atoms with Gasteiger partial charge < -0.3 is 10.5 Å². The molecule has 0 unspecified atom stereocenters. The van der Waals surface area contributed by atoms with Crippen LogP contribution in [0.25, 0.3) is 5.43 Å². The fraction of sp³-hybridized carbons (Fsp3) is 0. The quantitative estimate of drug-likeness (QED) is 0.463. The van der Waals surface area contributed by atoms with E-state index in [9.17, 15) is 20.2 Å². The summed E-state index contributed by atoms with van der Waals surface area (Å²) in [7, 11) is 0. The third-order valence-corrected chi connectivity index (χ3v) is 2.44. The highest BCUT2D eigenvalue weighted by Crippen LogP contribution is 2.24. The van der Waals surface area contributed by atoms with Gasteiger partial charge in [0.1, 0.15) is 0 Å². The summed E-state index contributed by atoms with van der Waals surface area (Å²) in [6.45, 7) is 0. The topological polar surface area (TPSA) is 125 Å². The molecule has 106 valence electrons. The van der Waals surface area contributed by atoms with Gasteiger partial charge in [-0.15, -0.1) is 0 Å². The molecule has 0 bridgehead atoms. The van der Waals surface area contributed by atoms with Crippen LogP contribution in [0.3, 0.4) is 0 Å². The van der Waals surface area contributed by atoms with E-state index in [1.165, 1.54) is 48.5 Å². The minimum absolute atomic E-state index is 0.0405. The van der Waals surface area contributed by atoms with Gasteiger partial charge in [-0.2, -0.15) is 0 Å². The molecule has 0 saturated heterocycles. The number of nitro groups is 2. The summed E-state index contributed by atoms with van der Waals surface area (Å²) in [5.74, 6) is 0. The summed E-state index contributed by atoms with van der Waals surface area (Å²) in [6.07, 6.45) is 0. The van der Waals surface area contributed by atoms with Crippen LogP contribution >= 0.6 is 0 Å². The molecule has 0 saturated carbocycles. The molecule has 2 aromatic rings. The van der Waals surface area contributed by atoms with Crippen LogP contribution in [0.15, 0.2) is 58.9 Å². The highest BCUT2D eigenvalue weighted by atomic mass is 16.6. The minimum atomic E-state index is -0.512. The van der Waals surface area contributed by atoms with Gasteiger partial charge in [0.25, 0.3) is 11.4 Å². The maximum Gasteiger partial charge on any atom is 0.269 e. The Bertz CT molecular complexity index is 682. The average Bonchev–Trinajstić information content (AvgIpc) is 2.48. The fourth-order valence-electron chi connectivity index (χ4n) is 1.41. The van der Waals surface area contributed by atoms with Crippen molar-refractivity contribution in [3.05, 3.63) is 74.2 Å². The van der Waals surface area contributed by atoms with Crippen molar-refractivity contribution >= 4 is 22.7 Å². The molecule has 0 amide bonds. The van der Waals surface area contributed by atoms with Crippen molar-refractivity contribution in [1.29, 1.82) is 0 Å². The molecule has 21 heavy (non-hydrogen) atoms. The monoisotopic (exact) mass is 286 g/mol. The maximum absolute atomic E-state index is 10.5. The zero-order valence-electron chi connectivity index (χ0n) is 10.5. The molecule has 0 aliphatic heterocycles. The lowest BCUT2D eigenvalue weighted by Crippen LogP contribution is -1.85. The number of nitrogens with zero attached hydrogens (tertiary/aromatic N) is 5. The second-order valence-corrected chi connectivity index (χ2v) is 3.84. The van der Waals surface area contributed by atoms with Gasteiger partial charge in [0.15, 0.2) is 0 Å². The molecule has 2 aromatic carbocycles. The zero-order chi connectivity index (χ0) is 15.2. The summed E-state index contributed by atoms with van der Waals surface area (Å²) < 4.78 is 0. The predicted octanol–water partition coefficient (Wildman–Crippen LogP) is 4.21. The summed E-state index contributed by atoms with van der Waals surface area (Å²) in [6, 6.07) is 11.0. The van der Waals surface area contributed by atoms with Crippen LogP contribution < -0.4 is 0 Å². The van der Waals surface area contributed by atoms with Crippen molar-refractivity contribution in [3.8, 4) is 0 Å². The lowest BCUT2D eigenvalue weighted by molar-refractivity contribution is -0.385. The van der Waals surface area contributed by atoms with E-state index in [1.54, 1.807) is 0 Å². The maximum atomic E-state index is 10.5. The number of rotatable bonds is 5. The number of non-ortho nitro benzene ring substituents is 2. The van der Waals surface area contributed by atoms with E-state index >= 15 is 0 Å². The van der Waals surface area contributed by atoms with Crippen molar-refractivity contribution in [1.82, 2.24) is 0 Å². The molecule has 0 atom stereocenters. The number of benzene rings is 2. The van der Waals surface area contributed by atoms with Crippen LogP contribution in [0.2, 0.25) is 0 Å². The van der Waals surface area contributed by atoms with E-state index in [4.69, 9.17) is 0 Å². The first-order chi connectivity index (χ1) is 10.1. The van der Waals surface area contributed by atoms with Crippen LogP contribution in [0, 0.1) is 20.2 Å². The van der Waals surface area contributed by atoms with Crippen molar-refractivity contribution in [3.63, 3.8) is 0 Å². The van der Waals surface area contributed by atoms with Crippen molar-refractivity contribution < 1.29 is 9.85 Å². The van der Waals surface area contributed by atoms with E-state index in [-0.39, 0.29) is 11.4 Å². The van der Waals surface area contributed by atoms with Gasteiger partial charge in [0.2, 0.25) is 0 Å². The van der Waals surface area contributed by atoms with Gasteiger partial charge in [-0.3, -0.25) is 25.5 Å². The molecule has 0 aromatic heterocycles. The lowest BCUT2D eigenvalue weighted by Gasteiger charge is -2.06. The van der Waals surface area contributed by atoms with Crippen molar-refractivity contribution in [2.75, 3.05) is 0 Å². The third kappa shape index (κ3) is 3.80. The number of hydrogen-bond donors (Lipinski definition) is 0. The minimum Gasteiger partial charge on any atom is -0.350 e. The molecule has 0 aliphatic carbocycles. The highest BCUT2D eigenvalue weighted by Gasteiger charge is 2.02. The van der Waals surface area contributed by atoms with Gasteiger partial charge in [0.05, 0.1) is 9.85 Å². The van der Waals surface area contributed by atoms with Gasteiger partial charge in [0, 0.05) is 24.3 Å². The number of nitro benzene ring substituents is 2. The largest absolute Gasteiger partial charge is 0.350 e. The zero-order valence-corrected chi connectivity index (χ0v) is 10.5. The van der Waals surface area contributed by atoms with E-state index in [2.05, 4.69) is 15.8 Å². The van der Waals surface area contributed by atoms with Crippen LogP contribution in [0.5, 0.6) is 0 Å². The Morgan fingerprint density at radius 2 is 1.29 bits per heavy atom. The average molecular weight is 286 g/mol. The smallest absolute Gasteiger partial charge is 0.269 e.